The number of hydrogen-bond donors (Lipinski definition) is 1. The van der Waals surface area contributed by atoms with Gasteiger partial charge in [0.2, 0.25) is 0 Å². The van der Waals surface area contributed by atoms with Gasteiger partial charge in [0.05, 0.1) is 12.3 Å². The Morgan fingerprint density at radius 3 is 2.65 bits per heavy atom. The summed E-state index contributed by atoms with van der Waals surface area (Å²) in [4.78, 5) is 2.10. The first-order valence-corrected chi connectivity index (χ1v) is 6.69. The van der Waals surface area contributed by atoms with Gasteiger partial charge in [0.1, 0.15) is 17.4 Å². The molecule has 0 spiro atoms. The predicted molar refractivity (Wildman–Crippen MR) is 71.4 cm³/mol. The van der Waals surface area contributed by atoms with Crippen LogP contribution in [0.25, 0.3) is 0 Å². The second kappa shape index (κ2) is 5.73. The fraction of sp³-hybridized carbons (Fsp3) is 0.333. The predicted octanol–water partition coefficient (Wildman–Crippen LogP) is 2.55. The van der Waals surface area contributed by atoms with E-state index in [9.17, 15) is 8.78 Å². The molecule has 20 heavy (non-hydrogen) atoms. The number of halogens is 2. The van der Waals surface area contributed by atoms with Crippen molar-refractivity contribution < 1.29 is 13.2 Å². The van der Waals surface area contributed by atoms with Crippen molar-refractivity contribution in [3.63, 3.8) is 0 Å². The highest BCUT2D eigenvalue weighted by atomic mass is 19.1. The molecule has 106 valence electrons. The van der Waals surface area contributed by atoms with E-state index in [1.807, 2.05) is 0 Å². The summed E-state index contributed by atoms with van der Waals surface area (Å²) >= 11 is 0. The summed E-state index contributed by atoms with van der Waals surface area (Å²) in [5, 5.41) is 3.25. The van der Waals surface area contributed by atoms with Crippen molar-refractivity contribution >= 4 is 0 Å². The van der Waals surface area contributed by atoms with Crippen molar-refractivity contribution in [3.8, 4) is 0 Å². The summed E-state index contributed by atoms with van der Waals surface area (Å²) < 4.78 is 33.1. The van der Waals surface area contributed by atoms with E-state index < -0.39 is 11.6 Å². The van der Waals surface area contributed by atoms with Gasteiger partial charge < -0.3 is 9.73 Å². The van der Waals surface area contributed by atoms with E-state index in [0.717, 1.165) is 32.2 Å². The first-order valence-electron chi connectivity index (χ1n) is 6.69. The molecule has 5 heteroatoms. The highest BCUT2D eigenvalue weighted by molar-refractivity contribution is 5.29. The number of furan rings is 1. The molecule has 1 N–H and O–H groups in total. The van der Waals surface area contributed by atoms with Gasteiger partial charge in [-0.2, -0.15) is 0 Å². The zero-order valence-electron chi connectivity index (χ0n) is 11.0. The van der Waals surface area contributed by atoms with Crippen LogP contribution in [0.15, 0.2) is 41.0 Å². The quantitative estimate of drug-likeness (QED) is 0.935. The lowest BCUT2D eigenvalue weighted by molar-refractivity contribution is 0.177. The summed E-state index contributed by atoms with van der Waals surface area (Å²) in [6.45, 7) is 3.19. The molecule has 1 aliphatic rings. The highest BCUT2D eigenvalue weighted by Gasteiger charge is 2.28. The number of piperazine rings is 1. The molecule has 0 unspecified atom stereocenters. The van der Waals surface area contributed by atoms with E-state index >= 15 is 0 Å². The maximum Gasteiger partial charge on any atom is 0.128 e. The van der Waals surface area contributed by atoms with Crippen LogP contribution in [0.4, 0.5) is 8.78 Å². The van der Waals surface area contributed by atoms with Gasteiger partial charge in [-0.1, -0.05) is 0 Å². The molecule has 1 aromatic heterocycles. The molecule has 3 rings (SSSR count). The summed E-state index contributed by atoms with van der Waals surface area (Å²) in [5.41, 5.74) is 0.321. The Kier molecular flexibility index (Phi) is 3.80. The molecule has 1 aliphatic heterocycles. The van der Waals surface area contributed by atoms with Crippen molar-refractivity contribution in [3.05, 3.63) is 59.6 Å². The molecule has 2 heterocycles. The van der Waals surface area contributed by atoms with Crippen LogP contribution in [0.5, 0.6) is 0 Å². The van der Waals surface area contributed by atoms with E-state index in [2.05, 4.69) is 10.2 Å². The highest BCUT2D eigenvalue weighted by Crippen LogP contribution is 2.31. The zero-order chi connectivity index (χ0) is 13.9. The minimum atomic E-state index is -0.437. The van der Waals surface area contributed by atoms with Gasteiger partial charge in [-0.15, -0.1) is 0 Å². The van der Waals surface area contributed by atoms with Gasteiger partial charge in [0.25, 0.3) is 0 Å². The molecule has 1 fully saturated rings. The van der Waals surface area contributed by atoms with E-state index in [-0.39, 0.29) is 6.04 Å². The summed E-state index contributed by atoms with van der Waals surface area (Å²) in [6, 6.07) is 6.74. The molecule has 1 atom stereocenters. The Morgan fingerprint density at radius 2 is 1.95 bits per heavy atom. The molecular weight excluding hydrogens is 262 g/mol. The maximum absolute atomic E-state index is 14.1. The molecule has 1 saturated heterocycles. The topological polar surface area (TPSA) is 28.4 Å². The van der Waals surface area contributed by atoms with Crippen molar-refractivity contribution in [2.75, 3.05) is 26.2 Å². The van der Waals surface area contributed by atoms with Crippen molar-refractivity contribution in [2.45, 2.75) is 6.04 Å². The van der Waals surface area contributed by atoms with Crippen LogP contribution in [-0.4, -0.2) is 31.1 Å². The Balaban J connectivity index is 2.02. The fourth-order valence-corrected chi connectivity index (χ4v) is 2.64. The van der Waals surface area contributed by atoms with Gasteiger partial charge in [-0.05, 0) is 30.3 Å². The average molecular weight is 278 g/mol. The van der Waals surface area contributed by atoms with Gasteiger partial charge in [0.15, 0.2) is 0 Å². The van der Waals surface area contributed by atoms with Crippen LogP contribution in [0.3, 0.4) is 0 Å². The van der Waals surface area contributed by atoms with E-state index in [4.69, 9.17) is 4.42 Å². The second-order valence-electron chi connectivity index (χ2n) is 4.87. The number of nitrogens with one attached hydrogen (secondary N) is 1. The Hall–Kier alpha value is -1.72. The summed E-state index contributed by atoms with van der Waals surface area (Å²) in [6.07, 6.45) is 1.56. The van der Waals surface area contributed by atoms with Crippen molar-refractivity contribution in [1.82, 2.24) is 10.2 Å². The van der Waals surface area contributed by atoms with Gasteiger partial charge >= 0.3 is 0 Å². The van der Waals surface area contributed by atoms with Crippen LogP contribution in [-0.2, 0) is 0 Å². The van der Waals surface area contributed by atoms with Crippen LogP contribution in [0, 0.1) is 11.6 Å². The third-order valence-electron chi connectivity index (χ3n) is 3.58. The average Bonchev–Trinajstić information content (AvgIpc) is 2.98. The van der Waals surface area contributed by atoms with Crippen LogP contribution in [0.1, 0.15) is 17.4 Å². The number of rotatable bonds is 3. The molecule has 1 aromatic carbocycles. The largest absolute Gasteiger partial charge is 0.467 e. The number of hydrogen-bond acceptors (Lipinski definition) is 3. The molecule has 0 bridgehead atoms. The van der Waals surface area contributed by atoms with Crippen molar-refractivity contribution in [1.29, 1.82) is 0 Å². The Labute approximate surface area is 116 Å². The SMILES string of the molecule is Fc1ccc(F)c([C@@H](c2ccco2)N2CCNCC2)c1. The molecule has 2 aromatic rings. The lowest BCUT2D eigenvalue weighted by atomic mass is 10.0. The van der Waals surface area contributed by atoms with Crippen LogP contribution >= 0.6 is 0 Å². The first-order chi connectivity index (χ1) is 9.75. The number of nitrogens with zero attached hydrogens (tertiary/aromatic N) is 1. The molecule has 0 aliphatic carbocycles. The summed E-state index contributed by atoms with van der Waals surface area (Å²) in [5.74, 6) is -0.212. The third-order valence-corrected chi connectivity index (χ3v) is 3.58. The lowest BCUT2D eigenvalue weighted by Gasteiger charge is -2.34. The van der Waals surface area contributed by atoms with E-state index in [1.165, 1.54) is 12.1 Å². The third kappa shape index (κ3) is 2.59. The molecular formula is C15H16F2N2O. The molecule has 0 amide bonds. The summed E-state index contributed by atoms with van der Waals surface area (Å²) in [7, 11) is 0. The van der Waals surface area contributed by atoms with Crippen LogP contribution < -0.4 is 5.32 Å². The van der Waals surface area contributed by atoms with Crippen molar-refractivity contribution in [2.24, 2.45) is 0 Å². The van der Waals surface area contributed by atoms with Gasteiger partial charge in [0, 0.05) is 31.7 Å². The smallest absolute Gasteiger partial charge is 0.128 e. The normalized spacial score (nSPS) is 18.1. The number of benzene rings is 1. The minimum absolute atomic E-state index is 0.321. The van der Waals surface area contributed by atoms with Gasteiger partial charge in [-0.25, -0.2) is 8.78 Å². The maximum atomic E-state index is 14.1. The first kappa shape index (κ1) is 13.3. The molecule has 0 radical (unpaired) electrons. The van der Waals surface area contributed by atoms with E-state index in [1.54, 1.807) is 18.4 Å². The molecule has 0 saturated carbocycles. The second-order valence-corrected chi connectivity index (χ2v) is 4.87. The molecule has 3 nitrogen and oxygen atoms in total. The van der Waals surface area contributed by atoms with E-state index in [0.29, 0.717) is 11.3 Å². The fourth-order valence-electron chi connectivity index (χ4n) is 2.64. The van der Waals surface area contributed by atoms with Gasteiger partial charge in [-0.3, -0.25) is 4.90 Å². The lowest BCUT2D eigenvalue weighted by Crippen LogP contribution is -2.45. The monoisotopic (exact) mass is 278 g/mol. The van der Waals surface area contributed by atoms with Crippen LogP contribution in [0.2, 0.25) is 0 Å². The Bertz CT molecular complexity index is 565. The minimum Gasteiger partial charge on any atom is -0.467 e. The Morgan fingerprint density at radius 1 is 1.15 bits per heavy atom. The standard InChI is InChI=1S/C15H16F2N2O/c16-11-3-4-13(17)12(10-11)15(14-2-1-9-20-14)19-7-5-18-6-8-19/h1-4,9-10,15,18H,5-8H2/t15-/m0/s1. The zero-order valence-corrected chi connectivity index (χ0v) is 11.0.